The number of aryl methyl sites for hydroxylation is 2. The van der Waals surface area contributed by atoms with Crippen LogP contribution in [0, 0.1) is 12.8 Å². The van der Waals surface area contributed by atoms with Crippen LogP contribution in [0.1, 0.15) is 30.0 Å². The van der Waals surface area contributed by atoms with Gasteiger partial charge < -0.3 is 5.32 Å². The topological polar surface area (TPSA) is 46.9 Å². The van der Waals surface area contributed by atoms with Crippen LogP contribution in [0.3, 0.4) is 0 Å². The first kappa shape index (κ1) is 12.9. The first-order valence-corrected chi connectivity index (χ1v) is 7.01. The number of benzene rings is 1. The fraction of sp³-hybridized carbons (Fsp3) is 0.375. The Balaban J connectivity index is 1.82. The molecule has 4 heteroatoms. The number of carbonyl (C=O) groups is 1. The van der Waals surface area contributed by atoms with Crippen LogP contribution in [0.25, 0.3) is 0 Å². The average Bonchev–Trinajstić information content (AvgIpc) is 3.18. The molecule has 3 rings (SSSR count). The van der Waals surface area contributed by atoms with Gasteiger partial charge in [-0.3, -0.25) is 9.48 Å². The second kappa shape index (κ2) is 5.12. The number of carbonyl (C=O) groups excluding carboxylic acids is 1. The van der Waals surface area contributed by atoms with Gasteiger partial charge in [0.1, 0.15) is 5.82 Å². The van der Waals surface area contributed by atoms with Gasteiger partial charge in [-0.2, -0.15) is 5.10 Å². The zero-order chi connectivity index (χ0) is 14.1. The van der Waals surface area contributed by atoms with Gasteiger partial charge in [-0.25, -0.2) is 0 Å². The predicted octanol–water partition coefficient (Wildman–Crippen LogP) is 2.86. The quantitative estimate of drug-likeness (QED) is 0.927. The molecule has 4 nitrogen and oxygen atoms in total. The minimum Gasteiger partial charge on any atom is -0.310 e. The van der Waals surface area contributed by atoms with Gasteiger partial charge in [0.05, 0.1) is 11.6 Å². The van der Waals surface area contributed by atoms with E-state index in [2.05, 4.69) is 10.4 Å². The van der Waals surface area contributed by atoms with Gasteiger partial charge in [-0.1, -0.05) is 30.3 Å². The minimum atomic E-state index is -0.0496. The van der Waals surface area contributed by atoms with Crippen molar-refractivity contribution in [2.45, 2.75) is 25.7 Å². The van der Waals surface area contributed by atoms with Crippen molar-refractivity contribution < 1.29 is 4.79 Å². The van der Waals surface area contributed by atoms with E-state index in [1.165, 1.54) is 0 Å². The molecule has 1 atom stereocenters. The Morgan fingerprint density at radius 2 is 2.05 bits per heavy atom. The van der Waals surface area contributed by atoms with Crippen LogP contribution >= 0.6 is 0 Å². The summed E-state index contributed by atoms with van der Waals surface area (Å²) < 4.78 is 1.71. The van der Waals surface area contributed by atoms with Gasteiger partial charge >= 0.3 is 0 Å². The molecule has 1 N–H and O–H groups in total. The summed E-state index contributed by atoms with van der Waals surface area (Å²) in [5.74, 6) is 1.26. The monoisotopic (exact) mass is 269 g/mol. The van der Waals surface area contributed by atoms with Crippen molar-refractivity contribution in [3.63, 3.8) is 0 Å². The molecule has 1 aromatic carbocycles. The molecule has 0 aliphatic heterocycles. The molecular weight excluding hydrogens is 250 g/mol. The molecule has 1 aliphatic rings. The lowest BCUT2D eigenvalue weighted by Crippen LogP contribution is -2.24. The maximum Gasteiger partial charge on any atom is 0.233 e. The normalized spacial score (nSPS) is 15.9. The Labute approximate surface area is 118 Å². The highest BCUT2D eigenvalue weighted by molar-refractivity contribution is 5.95. The van der Waals surface area contributed by atoms with Gasteiger partial charge in [0.15, 0.2) is 0 Å². The summed E-state index contributed by atoms with van der Waals surface area (Å²) in [6, 6.07) is 11.9. The van der Waals surface area contributed by atoms with Crippen molar-refractivity contribution in [1.82, 2.24) is 9.78 Å². The molecule has 1 aromatic heterocycles. The van der Waals surface area contributed by atoms with Crippen LogP contribution in [0.4, 0.5) is 5.82 Å². The number of nitrogens with one attached hydrogen (secondary N) is 1. The molecular formula is C16H19N3O. The molecule has 1 aliphatic carbocycles. The number of aromatic nitrogens is 2. The van der Waals surface area contributed by atoms with E-state index in [0.29, 0.717) is 5.92 Å². The van der Waals surface area contributed by atoms with Crippen LogP contribution in [0.2, 0.25) is 0 Å². The van der Waals surface area contributed by atoms with Gasteiger partial charge in [-0.15, -0.1) is 0 Å². The Hall–Kier alpha value is -2.10. The van der Waals surface area contributed by atoms with Gasteiger partial charge in [-0.05, 0) is 31.2 Å². The van der Waals surface area contributed by atoms with Crippen LogP contribution in [-0.4, -0.2) is 15.7 Å². The molecule has 0 spiro atoms. The van der Waals surface area contributed by atoms with E-state index in [1.807, 2.05) is 50.4 Å². The van der Waals surface area contributed by atoms with E-state index < -0.39 is 0 Å². The molecule has 1 fully saturated rings. The van der Waals surface area contributed by atoms with E-state index in [-0.39, 0.29) is 11.8 Å². The lowest BCUT2D eigenvalue weighted by Gasteiger charge is -2.16. The van der Waals surface area contributed by atoms with Crippen molar-refractivity contribution >= 4 is 11.7 Å². The third-order valence-corrected chi connectivity index (χ3v) is 3.79. The maximum absolute atomic E-state index is 12.6. The van der Waals surface area contributed by atoms with E-state index in [4.69, 9.17) is 0 Å². The number of hydrogen-bond donors (Lipinski definition) is 1. The number of hydrogen-bond acceptors (Lipinski definition) is 2. The summed E-state index contributed by atoms with van der Waals surface area (Å²) in [5, 5.41) is 7.27. The Bertz CT molecular complexity index is 614. The number of anilines is 1. The Kier molecular flexibility index (Phi) is 3.30. The van der Waals surface area contributed by atoms with Crippen molar-refractivity contribution in [3.8, 4) is 0 Å². The van der Waals surface area contributed by atoms with Crippen molar-refractivity contribution in [2.75, 3.05) is 5.32 Å². The summed E-state index contributed by atoms with van der Waals surface area (Å²) >= 11 is 0. The summed E-state index contributed by atoms with van der Waals surface area (Å²) in [4.78, 5) is 12.6. The summed E-state index contributed by atoms with van der Waals surface area (Å²) in [6.07, 6.45) is 2.27. The van der Waals surface area contributed by atoms with E-state index in [0.717, 1.165) is 29.9 Å². The SMILES string of the molecule is Cc1cc(NC(=O)[C@@H](c2ccccc2)C2CC2)n(C)n1. The van der Waals surface area contributed by atoms with Crippen LogP contribution in [-0.2, 0) is 11.8 Å². The zero-order valence-corrected chi connectivity index (χ0v) is 11.8. The largest absolute Gasteiger partial charge is 0.310 e. The standard InChI is InChI=1S/C16H19N3O/c1-11-10-14(19(2)18-11)17-16(20)15(13-8-9-13)12-6-4-3-5-7-12/h3-7,10,13,15H,8-9H2,1-2H3,(H,17,20)/t15-/m0/s1. The molecule has 0 unspecified atom stereocenters. The molecule has 104 valence electrons. The fourth-order valence-electron chi connectivity index (χ4n) is 2.66. The maximum atomic E-state index is 12.6. The average molecular weight is 269 g/mol. The van der Waals surface area contributed by atoms with Crippen LogP contribution < -0.4 is 5.32 Å². The lowest BCUT2D eigenvalue weighted by atomic mass is 9.93. The molecule has 20 heavy (non-hydrogen) atoms. The number of nitrogens with zero attached hydrogens (tertiary/aromatic N) is 2. The van der Waals surface area contributed by atoms with Crippen molar-refractivity contribution in [3.05, 3.63) is 47.7 Å². The lowest BCUT2D eigenvalue weighted by molar-refractivity contribution is -0.118. The van der Waals surface area contributed by atoms with Crippen molar-refractivity contribution in [1.29, 1.82) is 0 Å². The van der Waals surface area contributed by atoms with E-state index in [1.54, 1.807) is 4.68 Å². The summed E-state index contributed by atoms with van der Waals surface area (Å²) in [5.41, 5.74) is 2.01. The molecule has 1 heterocycles. The van der Waals surface area contributed by atoms with Crippen molar-refractivity contribution in [2.24, 2.45) is 13.0 Å². The molecule has 1 amide bonds. The van der Waals surface area contributed by atoms with Gasteiger partial charge in [0.25, 0.3) is 0 Å². The molecule has 0 saturated heterocycles. The summed E-state index contributed by atoms with van der Waals surface area (Å²) in [7, 11) is 1.84. The molecule has 2 aromatic rings. The third kappa shape index (κ3) is 2.59. The summed E-state index contributed by atoms with van der Waals surface area (Å²) in [6.45, 7) is 1.92. The second-order valence-electron chi connectivity index (χ2n) is 5.51. The van der Waals surface area contributed by atoms with E-state index in [9.17, 15) is 4.79 Å². The van der Waals surface area contributed by atoms with Gasteiger partial charge in [0, 0.05) is 13.1 Å². The molecule has 1 saturated carbocycles. The first-order chi connectivity index (χ1) is 9.65. The number of amides is 1. The smallest absolute Gasteiger partial charge is 0.233 e. The second-order valence-corrected chi connectivity index (χ2v) is 5.51. The fourth-order valence-corrected chi connectivity index (χ4v) is 2.66. The highest BCUT2D eigenvalue weighted by Gasteiger charge is 2.37. The molecule has 0 radical (unpaired) electrons. The van der Waals surface area contributed by atoms with E-state index >= 15 is 0 Å². The molecule has 0 bridgehead atoms. The predicted molar refractivity (Wildman–Crippen MR) is 78.5 cm³/mol. The Morgan fingerprint density at radius 1 is 1.35 bits per heavy atom. The van der Waals surface area contributed by atoms with Crippen LogP contribution in [0.15, 0.2) is 36.4 Å². The minimum absolute atomic E-state index is 0.0496. The zero-order valence-electron chi connectivity index (χ0n) is 11.8. The first-order valence-electron chi connectivity index (χ1n) is 7.01. The highest BCUT2D eigenvalue weighted by atomic mass is 16.2. The van der Waals surface area contributed by atoms with Gasteiger partial charge in [0.2, 0.25) is 5.91 Å². The Morgan fingerprint density at radius 3 is 2.60 bits per heavy atom. The van der Waals surface area contributed by atoms with Crippen LogP contribution in [0.5, 0.6) is 0 Å². The highest BCUT2D eigenvalue weighted by Crippen LogP contribution is 2.43. The number of rotatable bonds is 4. The third-order valence-electron chi connectivity index (χ3n) is 3.79.